The maximum Gasteiger partial charge on any atom is 0.335 e. The number of fused-ring (bicyclic) bond motifs is 1. The topological polar surface area (TPSA) is 81.3 Å². The number of hydrogen-bond donors (Lipinski definition) is 1. The zero-order valence-electron chi connectivity index (χ0n) is 16.8. The lowest BCUT2D eigenvalue weighted by atomic mass is 10.1. The van der Waals surface area contributed by atoms with Crippen molar-refractivity contribution in [2.75, 3.05) is 14.2 Å². The van der Waals surface area contributed by atoms with E-state index in [1.165, 1.54) is 12.1 Å². The van der Waals surface area contributed by atoms with E-state index in [9.17, 15) is 9.90 Å². The summed E-state index contributed by atoms with van der Waals surface area (Å²) >= 11 is 6.20. The third-order valence-corrected chi connectivity index (χ3v) is 4.95. The Balaban J connectivity index is 1.96. The second-order valence-electron chi connectivity index (χ2n) is 6.67. The average Bonchev–Trinajstić information content (AvgIpc) is 2.79. The van der Waals surface area contributed by atoms with Crippen LogP contribution < -0.4 is 14.8 Å². The molecule has 4 aromatic rings. The van der Waals surface area contributed by atoms with Crippen molar-refractivity contribution in [1.29, 1.82) is 0 Å². The number of nitrogens with zero attached hydrogens (tertiary/aromatic N) is 1. The van der Waals surface area contributed by atoms with E-state index >= 15 is 0 Å². The molecule has 0 aliphatic heterocycles. The van der Waals surface area contributed by atoms with Crippen molar-refractivity contribution in [2.24, 2.45) is 4.99 Å². The van der Waals surface area contributed by atoms with Crippen molar-refractivity contribution in [1.82, 2.24) is 0 Å². The third-order valence-electron chi connectivity index (χ3n) is 4.72. The third kappa shape index (κ3) is 4.25. The molecule has 0 saturated heterocycles. The minimum atomic E-state index is -1.01. The van der Waals surface area contributed by atoms with Crippen LogP contribution in [-0.2, 0) is 0 Å². The molecule has 7 heteroatoms. The quantitative estimate of drug-likeness (QED) is 0.434. The summed E-state index contributed by atoms with van der Waals surface area (Å²) in [7, 11) is 3.14. The van der Waals surface area contributed by atoms with E-state index in [0.717, 1.165) is 5.56 Å². The molecule has 4 rings (SSSR count). The van der Waals surface area contributed by atoms with E-state index in [4.69, 9.17) is 25.5 Å². The Morgan fingerprint density at radius 1 is 0.968 bits per heavy atom. The molecule has 1 aromatic heterocycles. The number of halogens is 1. The molecule has 31 heavy (non-hydrogen) atoms. The molecule has 0 fully saturated rings. The number of hydrogen-bond acceptors (Lipinski definition) is 5. The Labute approximate surface area is 183 Å². The maximum atomic E-state index is 11.3. The number of carbonyl (C=O) groups is 1. The van der Waals surface area contributed by atoms with Gasteiger partial charge < -0.3 is 19.0 Å². The van der Waals surface area contributed by atoms with Crippen LogP contribution in [0.25, 0.3) is 22.3 Å². The first-order valence-electron chi connectivity index (χ1n) is 9.32. The number of benzene rings is 3. The lowest BCUT2D eigenvalue weighted by molar-refractivity contribution is 0.0697. The molecule has 156 valence electrons. The molecule has 0 radical (unpaired) electrons. The number of carboxylic acids is 1. The van der Waals surface area contributed by atoms with Crippen molar-refractivity contribution in [2.45, 2.75) is 0 Å². The zero-order chi connectivity index (χ0) is 22.0. The Morgan fingerprint density at radius 2 is 1.77 bits per heavy atom. The van der Waals surface area contributed by atoms with Crippen LogP contribution in [0, 0.1) is 0 Å². The molecule has 6 nitrogen and oxygen atoms in total. The van der Waals surface area contributed by atoms with Crippen LogP contribution in [0.4, 0.5) is 5.69 Å². The first-order valence-corrected chi connectivity index (χ1v) is 9.70. The van der Waals surface area contributed by atoms with Crippen LogP contribution >= 0.6 is 11.6 Å². The normalized spacial score (nSPS) is 11.5. The Kier molecular flexibility index (Phi) is 5.64. The predicted octanol–water partition coefficient (Wildman–Crippen LogP) is 5.70. The fourth-order valence-corrected chi connectivity index (χ4v) is 3.39. The first-order chi connectivity index (χ1) is 15.0. The molecule has 0 bridgehead atoms. The van der Waals surface area contributed by atoms with Gasteiger partial charge in [0.1, 0.15) is 11.3 Å². The fraction of sp³-hybridized carbons (Fsp3) is 0.0833. The van der Waals surface area contributed by atoms with Gasteiger partial charge in [0.25, 0.3) is 0 Å². The lowest BCUT2D eigenvalue weighted by Gasteiger charge is -2.10. The van der Waals surface area contributed by atoms with Gasteiger partial charge in [0.15, 0.2) is 11.5 Å². The molecule has 0 unspecified atom stereocenters. The highest BCUT2D eigenvalue weighted by Gasteiger charge is 2.11. The maximum absolute atomic E-state index is 11.3. The summed E-state index contributed by atoms with van der Waals surface area (Å²) in [6, 6.07) is 18.9. The van der Waals surface area contributed by atoms with Gasteiger partial charge in [-0.2, -0.15) is 0 Å². The van der Waals surface area contributed by atoms with Gasteiger partial charge in [-0.05, 0) is 54.6 Å². The van der Waals surface area contributed by atoms with Crippen LogP contribution in [0.1, 0.15) is 10.4 Å². The predicted molar refractivity (Wildman–Crippen MR) is 118 cm³/mol. The second-order valence-corrected chi connectivity index (χ2v) is 7.11. The molecule has 3 aromatic carbocycles. The van der Waals surface area contributed by atoms with Crippen molar-refractivity contribution < 1.29 is 23.8 Å². The van der Waals surface area contributed by atoms with E-state index in [1.807, 2.05) is 12.1 Å². The smallest absolute Gasteiger partial charge is 0.335 e. The van der Waals surface area contributed by atoms with Gasteiger partial charge in [0.05, 0.1) is 30.8 Å². The molecule has 0 saturated carbocycles. The highest BCUT2D eigenvalue weighted by molar-refractivity contribution is 6.31. The van der Waals surface area contributed by atoms with Crippen LogP contribution in [0.15, 0.2) is 76.1 Å². The monoisotopic (exact) mass is 435 g/mol. The minimum absolute atomic E-state index is 0.157. The number of methoxy groups -OCH3 is 2. The minimum Gasteiger partial charge on any atom is -0.493 e. The summed E-state index contributed by atoms with van der Waals surface area (Å²) in [6.45, 7) is 0. The van der Waals surface area contributed by atoms with Gasteiger partial charge in [0.2, 0.25) is 0 Å². The summed E-state index contributed by atoms with van der Waals surface area (Å²) in [5, 5.41) is 11.1. The van der Waals surface area contributed by atoms with E-state index in [2.05, 4.69) is 4.99 Å². The number of ether oxygens (including phenoxy) is 2. The zero-order valence-corrected chi connectivity index (χ0v) is 17.5. The SMILES string of the molecule is COc1ccc(-c2cc(=Nc3cccc(C(=O)O)c3)c3cc(Cl)ccc3o2)cc1OC. The molecule has 0 amide bonds. The molecule has 0 atom stereocenters. The summed E-state index contributed by atoms with van der Waals surface area (Å²) in [5.41, 5.74) is 2.02. The van der Waals surface area contributed by atoms with Crippen LogP contribution in [0.3, 0.4) is 0 Å². The van der Waals surface area contributed by atoms with E-state index in [0.29, 0.717) is 44.3 Å². The van der Waals surface area contributed by atoms with Gasteiger partial charge in [-0.15, -0.1) is 0 Å². The van der Waals surface area contributed by atoms with Crippen LogP contribution in [0.5, 0.6) is 11.5 Å². The Bertz CT molecular complexity index is 1360. The van der Waals surface area contributed by atoms with Crippen molar-refractivity contribution in [3.05, 3.63) is 82.7 Å². The van der Waals surface area contributed by atoms with Gasteiger partial charge in [0, 0.05) is 22.0 Å². The lowest BCUT2D eigenvalue weighted by Crippen LogP contribution is -2.04. The second kappa shape index (κ2) is 8.53. The summed E-state index contributed by atoms with van der Waals surface area (Å²) in [4.78, 5) is 16.0. The van der Waals surface area contributed by atoms with Gasteiger partial charge >= 0.3 is 5.97 Å². The van der Waals surface area contributed by atoms with Gasteiger partial charge in [-0.25, -0.2) is 9.79 Å². The van der Waals surface area contributed by atoms with E-state index < -0.39 is 5.97 Å². The average molecular weight is 436 g/mol. The standard InChI is InChI=1S/C24H18ClNO5/c1-29-21-8-6-14(11-23(21)30-2)22-13-19(18-12-16(25)7-9-20(18)31-22)26-17-5-3-4-15(10-17)24(27)28/h3-13H,1-2H3,(H,27,28). The molecular formula is C24H18ClNO5. The Morgan fingerprint density at radius 3 is 2.52 bits per heavy atom. The fourth-order valence-electron chi connectivity index (χ4n) is 3.21. The molecular weight excluding hydrogens is 418 g/mol. The number of aromatic carboxylic acids is 1. The van der Waals surface area contributed by atoms with Gasteiger partial charge in [-0.1, -0.05) is 17.7 Å². The molecule has 0 aliphatic carbocycles. The summed E-state index contributed by atoms with van der Waals surface area (Å²) in [6.07, 6.45) is 0. The Hall–Kier alpha value is -3.77. The van der Waals surface area contributed by atoms with Crippen LogP contribution in [-0.4, -0.2) is 25.3 Å². The number of rotatable bonds is 5. The van der Waals surface area contributed by atoms with Crippen molar-refractivity contribution in [3.8, 4) is 22.8 Å². The number of carboxylic acid groups (broad SMARTS) is 1. The summed E-state index contributed by atoms with van der Waals surface area (Å²) in [5.74, 6) is 0.719. The first kappa shape index (κ1) is 20.5. The van der Waals surface area contributed by atoms with E-state index in [-0.39, 0.29) is 5.56 Å². The van der Waals surface area contributed by atoms with Crippen molar-refractivity contribution in [3.63, 3.8) is 0 Å². The van der Waals surface area contributed by atoms with E-state index in [1.54, 1.807) is 56.7 Å². The largest absolute Gasteiger partial charge is 0.493 e. The van der Waals surface area contributed by atoms with Crippen LogP contribution in [0.2, 0.25) is 5.02 Å². The molecule has 1 N–H and O–H groups in total. The molecule has 0 spiro atoms. The molecule has 1 heterocycles. The highest BCUT2D eigenvalue weighted by atomic mass is 35.5. The highest BCUT2D eigenvalue weighted by Crippen LogP contribution is 2.33. The molecule has 0 aliphatic rings. The van der Waals surface area contributed by atoms with Gasteiger partial charge in [-0.3, -0.25) is 0 Å². The summed E-state index contributed by atoms with van der Waals surface area (Å²) < 4.78 is 16.8. The van der Waals surface area contributed by atoms with Crippen molar-refractivity contribution >= 4 is 34.2 Å².